The van der Waals surface area contributed by atoms with Gasteiger partial charge in [0, 0.05) is 62.8 Å². The third-order valence-electron chi connectivity index (χ3n) is 4.12. The van der Waals surface area contributed by atoms with Crippen LogP contribution in [-0.4, -0.2) is 51.8 Å². The number of non-ortho nitro benzene ring substituents is 1. The third-order valence-corrected chi connectivity index (χ3v) is 4.12. The molecule has 1 amide bonds. The van der Waals surface area contributed by atoms with Crippen LogP contribution in [0.1, 0.15) is 15.9 Å². The van der Waals surface area contributed by atoms with E-state index in [9.17, 15) is 14.9 Å². The fraction of sp³-hybridized carbons (Fsp3) is 0.294. The lowest BCUT2D eigenvalue weighted by molar-refractivity contribution is -0.384. The Kier molecular flexibility index (Phi) is 4.81. The quantitative estimate of drug-likeness (QED) is 0.634. The average molecular weight is 326 g/mol. The number of amides is 1. The molecule has 0 saturated carbocycles. The summed E-state index contributed by atoms with van der Waals surface area (Å²) in [5.41, 5.74) is 1.51. The SMILES string of the molecule is O=C(c1cccc([N+](=O)[O-])c1)N1CCN(Cc2ccncc2)CC1. The van der Waals surface area contributed by atoms with Gasteiger partial charge >= 0.3 is 0 Å². The lowest BCUT2D eigenvalue weighted by Gasteiger charge is -2.34. The van der Waals surface area contributed by atoms with Crippen molar-refractivity contribution < 1.29 is 9.72 Å². The van der Waals surface area contributed by atoms with Gasteiger partial charge in [0.25, 0.3) is 11.6 Å². The molecule has 124 valence electrons. The van der Waals surface area contributed by atoms with E-state index < -0.39 is 4.92 Å². The molecule has 0 radical (unpaired) electrons. The molecule has 1 aliphatic rings. The highest BCUT2D eigenvalue weighted by atomic mass is 16.6. The van der Waals surface area contributed by atoms with E-state index in [1.165, 1.54) is 17.7 Å². The lowest BCUT2D eigenvalue weighted by Crippen LogP contribution is -2.48. The Morgan fingerprint density at radius 3 is 2.50 bits per heavy atom. The molecular weight excluding hydrogens is 308 g/mol. The first kappa shape index (κ1) is 16.1. The van der Waals surface area contributed by atoms with Crippen LogP contribution in [0.3, 0.4) is 0 Å². The zero-order valence-corrected chi connectivity index (χ0v) is 13.2. The standard InChI is InChI=1S/C17H18N4O3/c22-17(15-2-1-3-16(12-15)21(23)24)20-10-8-19(9-11-20)13-14-4-6-18-7-5-14/h1-7,12H,8-11,13H2. The summed E-state index contributed by atoms with van der Waals surface area (Å²) >= 11 is 0. The van der Waals surface area contributed by atoms with Crippen molar-refractivity contribution in [3.63, 3.8) is 0 Å². The minimum absolute atomic E-state index is 0.0582. The predicted molar refractivity (Wildman–Crippen MR) is 88.5 cm³/mol. The van der Waals surface area contributed by atoms with Gasteiger partial charge in [0.1, 0.15) is 0 Å². The van der Waals surface area contributed by atoms with E-state index in [0.29, 0.717) is 18.7 Å². The van der Waals surface area contributed by atoms with Crippen LogP contribution in [0.15, 0.2) is 48.8 Å². The third kappa shape index (κ3) is 3.75. The number of benzene rings is 1. The van der Waals surface area contributed by atoms with E-state index in [2.05, 4.69) is 9.88 Å². The molecule has 1 aromatic carbocycles. The molecule has 0 spiro atoms. The van der Waals surface area contributed by atoms with Gasteiger partial charge < -0.3 is 4.90 Å². The maximum Gasteiger partial charge on any atom is 0.270 e. The van der Waals surface area contributed by atoms with Gasteiger partial charge in [0.05, 0.1) is 4.92 Å². The van der Waals surface area contributed by atoms with E-state index in [4.69, 9.17) is 0 Å². The van der Waals surface area contributed by atoms with E-state index in [-0.39, 0.29) is 11.6 Å². The van der Waals surface area contributed by atoms with Crippen LogP contribution in [0.4, 0.5) is 5.69 Å². The van der Waals surface area contributed by atoms with Gasteiger partial charge in [-0.2, -0.15) is 0 Å². The monoisotopic (exact) mass is 326 g/mol. The van der Waals surface area contributed by atoms with Crippen molar-refractivity contribution in [2.45, 2.75) is 6.54 Å². The number of aromatic nitrogens is 1. The summed E-state index contributed by atoms with van der Waals surface area (Å²) in [5, 5.41) is 10.8. The maximum absolute atomic E-state index is 12.5. The van der Waals surface area contributed by atoms with Gasteiger partial charge in [0.2, 0.25) is 0 Å². The molecule has 24 heavy (non-hydrogen) atoms. The average Bonchev–Trinajstić information content (AvgIpc) is 2.63. The minimum Gasteiger partial charge on any atom is -0.336 e. The number of hydrogen-bond acceptors (Lipinski definition) is 5. The highest BCUT2D eigenvalue weighted by Crippen LogP contribution is 2.16. The van der Waals surface area contributed by atoms with E-state index in [0.717, 1.165) is 19.6 Å². The molecular formula is C17H18N4O3. The summed E-state index contributed by atoms with van der Waals surface area (Å²) in [7, 11) is 0. The normalized spacial score (nSPS) is 15.2. The van der Waals surface area contributed by atoms with Gasteiger partial charge in [-0.3, -0.25) is 24.8 Å². The van der Waals surface area contributed by atoms with Crippen molar-refractivity contribution in [2.75, 3.05) is 26.2 Å². The minimum atomic E-state index is -0.483. The Bertz CT molecular complexity index is 728. The Morgan fingerprint density at radius 2 is 1.83 bits per heavy atom. The summed E-state index contributed by atoms with van der Waals surface area (Å²) in [6.45, 7) is 3.63. The number of nitrogens with zero attached hydrogens (tertiary/aromatic N) is 4. The maximum atomic E-state index is 12.5. The van der Waals surface area contributed by atoms with Gasteiger partial charge in [-0.1, -0.05) is 6.07 Å². The lowest BCUT2D eigenvalue weighted by atomic mass is 10.1. The Hall–Kier alpha value is -2.80. The molecule has 1 fully saturated rings. The van der Waals surface area contributed by atoms with E-state index in [1.54, 1.807) is 29.4 Å². The van der Waals surface area contributed by atoms with E-state index >= 15 is 0 Å². The summed E-state index contributed by atoms with van der Waals surface area (Å²) < 4.78 is 0. The van der Waals surface area contributed by atoms with Gasteiger partial charge in [0.15, 0.2) is 0 Å². The fourth-order valence-corrected chi connectivity index (χ4v) is 2.79. The van der Waals surface area contributed by atoms with Crippen molar-refractivity contribution in [3.05, 3.63) is 70.0 Å². The predicted octanol–water partition coefficient (Wildman–Crippen LogP) is 1.95. The Morgan fingerprint density at radius 1 is 1.12 bits per heavy atom. The summed E-state index contributed by atoms with van der Waals surface area (Å²) in [4.78, 5) is 30.9. The second-order valence-electron chi connectivity index (χ2n) is 5.73. The number of carbonyl (C=O) groups is 1. The highest BCUT2D eigenvalue weighted by Gasteiger charge is 2.23. The van der Waals surface area contributed by atoms with Gasteiger partial charge in [-0.05, 0) is 23.8 Å². The van der Waals surface area contributed by atoms with Crippen LogP contribution in [0.2, 0.25) is 0 Å². The van der Waals surface area contributed by atoms with Crippen molar-refractivity contribution in [1.29, 1.82) is 0 Å². The second kappa shape index (κ2) is 7.18. The molecule has 0 unspecified atom stereocenters. The van der Waals surface area contributed by atoms with Crippen molar-refractivity contribution in [1.82, 2.24) is 14.8 Å². The van der Waals surface area contributed by atoms with Crippen molar-refractivity contribution >= 4 is 11.6 Å². The molecule has 1 aromatic heterocycles. The molecule has 1 saturated heterocycles. The van der Waals surface area contributed by atoms with Crippen LogP contribution in [0.25, 0.3) is 0 Å². The zero-order valence-electron chi connectivity index (χ0n) is 13.2. The van der Waals surface area contributed by atoms with Crippen molar-refractivity contribution in [3.8, 4) is 0 Å². The number of pyridine rings is 1. The van der Waals surface area contributed by atoms with Crippen LogP contribution in [0.5, 0.6) is 0 Å². The largest absolute Gasteiger partial charge is 0.336 e. The topological polar surface area (TPSA) is 79.6 Å². The molecule has 2 aromatic rings. The van der Waals surface area contributed by atoms with Crippen LogP contribution in [-0.2, 0) is 6.54 Å². The smallest absolute Gasteiger partial charge is 0.270 e. The molecule has 0 N–H and O–H groups in total. The first-order valence-electron chi connectivity index (χ1n) is 7.78. The molecule has 7 nitrogen and oxygen atoms in total. The number of nitro groups is 1. The molecule has 2 heterocycles. The van der Waals surface area contributed by atoms with Crippen LogP contribution >= 0.6 is 0 Å². The number of carbonyl (C=O) groups excluding carboxylic acids is 1. The van der Waals surface area contributed by atoms with E-state index in [1.807, 2.05) is 12.1 Å². The molecule has 7 heteroatoms. The number of hydrogen-bond donors (Lipinski definition) is 0. The summed E-state index contributed by atoms with van der Waals surface area (Å²) in [6, 6.07) is 9.88. The molecule has 0 atom stereocenters. The first-order valence-corrected chi connectivity index (χ1v) is 7.78. The number of nitro benzene ring substituents is 1. The Balaban J connectivity index is 1.59. The van der Waals surface area contributed by atoms with Crippen LogP contribution < -0.4 is 0 Å². The zero-order chi connectivity index (χ0) is 16.9. The summed E-state index contributed by atoms with van der Waals surface area (Å²) in [5.74, 6) is -0.151. The number of piperazine rings is 1. The molecule has 1 aliphatic heterocycles. The molecule has 0 bridgehead atoms. The summed E-state index contributed by atoms with van der Waals surface area (Å²) in [6.07, 6.45) is 3.55. The highest BCUT2D eigenvalue weighted by molar-refractivity contribution is 5.94. The van der Waals surface area contributed by atoms with Crippen LogP contribution in [0, 0.1) is 10.1 Å². The molecule has 0 aliphatic carbocycles. The Labute approximate surface area is 139 Å². The second-order valence-corrected chi connectivity index (χ2v) is 5.73. The number of rotatable bonds is 4. The van der Waals surface area contributed by atoms with Gasteiger partial charge in [-0.15, -0.1) is 0 Å². The first-order chi connectivity index (χ1) is 11.6. The fourth-order valence-electron chi connectivity index (χ4n) is 2.79. The molecule has 3 rings (SSSR count). The van der Waals surface area contributed by atoms with Crippen molar-refractivity contribution in [2.24, 2.45) is 0 Å². The van der Waals surface area contributed by atoms with Gasteiger partial charge in [-0.25, -0.2) is 0 Å².